The molecule has 0 aliphatic heterocycles. The van der Waals surface area contributed by atoms with Crippen LogP contribution in [0, 0.1) is 0 Å². The molecule has 0 aromatic carbocycles. The molecule has 57 heavy (non-hydrogen) atoms. The average molecular weight is 800 g/mol. The van der Waals surface area contributed by atoms with Crippen molar-refractivity contribution in [1.82, 2.24) is 5.32 Å². The predicted molar refractivity (Wildman–Crippen MR) is 245 cm³/mol. The van der Waals surface area contributed by atoms with Gasteiger partial charge in [-0.2, -0.15) is 0 Å². The fraction of sp³-hybridized carbons (Fsp3) is 0.804. The van der Waals surface area contributed by atoms with Gasteiger partial charge in [-0.3, -0.25) is 9.59 Å². The molecule has 0 saturated carbocycles. The van der Waals surface area contributed by atoms with Gasteiger partial charge in [-0.25, -0.2) is 0 Å². The lowest BCUT2D eigenvalue weighted by Crippen LogP contribution is -2.46. The van der Waals surface area contributed by atoms with Crippen molar-refractivity contribution in [3.8, 4) is 0 Å². The van der Waals surface area contributed by atoms with E-state index < -0.39 is 18.2 Å². The highest BCUT2D eigenvalue weighted by Gasteiger charge is 2.24. The SMILES string of the molecule is CCCCC/C=C/C=C/C=C/C=C/CCCCCC(CC(=O)NC(CO)C(O)CCCCCCCCCCC)OC(=O)CCCCCCCCCCCCCCC. The molecule has 332 valence electrons. The molecule has 0 saturated heterocycles. The lowest BCUT2D eigenvalue weighted by molar-refractivity contribution is -0.151. The summed E-state index contributed by atoms with van der Waals surface area (Å²) in [6.45, 7) is 6.41. The number of rotatable bonds is 43. The zero-order valence-electron chi connectivity index (χ0n) is 37.7. The lowest BCUT2D eigenvalue weighted by atomic mass is 10.0. The molecule has 0 fully saturated rings. The number of hydrogen-bond donors (Lipinski definition) is 3. The van der Waals surface area contributed by atoms with Crippen molar-refractivity contribution >= 4 is 11.9 Å². The first-order chi connectivity index (χ1) is 28.0. The van der Waals surface area contributed by atoms with Crippen LogP contribution in [0.25, 0.3) is 0 Å². The standard InChI is InChI=1S/C51H93NO5/c1-4-7-10-13-16-19-21-23-24-25-27-28-31-33-36-39-42-47(57-51(56)44-41-38-35-32-29-26-22-20-17-14-11-8-5-2)45-50(55)52-48(46-53)49(54)43-40-37-34-30-18-15-12-9-6-3/h16,19,21,23-25,27-28,47-49,53-54H,4-15,17-18,20,22,26,29-46H2,1-3H3,(H,52,55)/b19-16+,23-21+,25-24+,28-27+. The highest BCUT2D eigenvalue weighted by molar-refractivity contribution is 5.77. The van der Waals surface area contributed by atoms with Gasteiger partial charge < -0.3 is 20.3 Å². The molecule has 1 amide bonds. The van der Waals surface area contributed by atoms with Crippen LogP contribution in [0.5, 0.6) is 0 Å². The molecule has 0 spiro atoms. The highest BCUT2D eigenvalue weighted by atomic mass is 16.5. The van der Waals surface area contributed by atoms with E-state index in [2.05, 4.69) is 68.6 Å². The molecule has 0 bridgehead atoms. The number of unbranched alkanes of at least 4 members (excludes halogenated alkanes) is 26. The van der Waals surface area contributed by atoms with E-state index in [1.165, 1.54) is 122 Å². The van der Waals surface area contributed by atoms with Gasteiger partial charge in [0.2, 0.25) is 5.91 Å². The Morgan fingerprint density at radius 2 is 0.895 bits per heavy atom. The van der Waals surface area contributed by atoms with E-state index >= 15 is 0 Å². The predicted octanol–water partition coefficient (Wildman–Crippen LogP) is 14.3. The third-order valence-corrected chi connectivity index (χ3v) is 11.0. The number of aliphatic hydroxyl groups excluding tert-OH is 2. The highest BCUT2D eigenvalue weighted by Crippen LogP contribution is 2.17. The number of aliphatic hydroxyl groups is 2. The van der Waals surface area contributed by atoms with Gasteiger partial charge in [0, 0.05) is 6.42 Å². The average Bonchev–Trinajstić information content (AvgIpc) is 3.20. The van der Waals surface area contributed by atoms with Crippen LogP contribution in [-0.2, 0) is 14.3 Å². The van der Waals surface area contributed by atoms with Gasteiger partial charge in [0.15, 0.2) is 0 Å². The summed E-state index contributed by atoms with van der Waals surface area (Å²) >= 11 is 0. The monoisotopic (exact) mass is 800 g/mol. The third kappa shape index (κ3) is 40.4. The maximum atomic E-state index is 13.1. The Bertz CT molecular complexity index is 988. The van der Waals surface area contributed by atoms with Gasteiger partial charge in [-0.1, -0.05) is 223 Å². The van der Waals surface area contributed by atoms with Crippen LogP contribution in [0.2, 0.25) is 0 Å². The summed E-state index contributed by atoms with van der Waals surface area (Å²) in [5, 5.41) is 23.6. The quantitative estimate of drug-likeness (QED) is 0.0324. The van der Waals surface area contributed by atoms with Crippen molar-refractivity contribution in [3.05, 3.63) is 48.6 Å². The summed E-state index contributed by atoms with van der Waals surface area (Å²) in [7, 11) is 0. The smallest absolute Gasteiger partial charge is 0.306 e. The summed E-state index contributed by atoms with van der Waals surface area (Å²) < 4.78 is 5.90. The van der Waals surface area contributed by atoms with Gasteiger partial charge >= 0.3 is 5.97 Å². The molecule has 0 heterocycles. The molecule has 0 aromatic heterocycles. The Kier molecular flexibility index (Phi) is 43.2. The maximum absolute atomic E-state index is 13.1. The van der Waals surface area contributed by atoms with Crippen LogP contribution in [0.1, 0.15) is 239 Å². The molecule has 3 N–H and O–H groups in total. The minimum Gasteiger partial charge on any atom is -0.462 e. The number of allylic oxidation sites excluding steroid dienone is 8. The van der Waals surface area contributed by atoms with Crippen molar-refractivity contribution in [2.75, 3.05) is 6.61 Å². The van der Waals surface area contributed by atoms with E-state index in [4.69, 9.17) is 4.74 Å². The van der Waals surface area contributed by atoms with Crippen LogP contribution in [0.4, 0.5) is 0 Å². The summed E-state index contributed by atoms with van der Waals surface area (Å²) in [6.07, 6.45) is 53.1. The van der Waals surface area contributed by atoms with E-state index in [1.807, 2.05) is 6.08 Å². The van der Waals surface area contributed by atoms with Crippen LogP contribution in [-0.4, -0.2) is 46.9 Å². The topological polar surface area (TPSA) is 95.9 Å². The van der Waals surface area contributed by atoms with Gasteiger partial charge in [0.1, 0.15) is 6.10 Å². The molecule has 6 nitrogen and oxygen atoms in total. The first-order valence-electron chi connectivity index (χ1n) is 24.4. The van der Waals surface area contributed by atoms with Crippen LogP contribution in [0.3, 0.4) is 0 Å². The zero-order chi connectivity index (χ0) is 41.7. The lowest BCUT2D eigenvalue weighted by Gasteiger charge is -2.24. The van der Waals surface area contributed by atoms with Crippen LogP contribution in [0.15, 0.2) is 48.6 Å². The number of carbonyl (C=O) groups excluding carboxylic acids is 2. The number of amides is 1. The van der Waals surface area contributed by atoms with E-state index in [1.54, 1.807) is 0 Å². The first-order valence-corrected chi connectivity index (χ1v) is 24.4. The Morgan fingerprint density at radius 3 is 1.39 bits per heavy atom. The number of carbonyl (C=O) groups is 2. The summed E-state index contributed by atoms with van der Waals surface area (Å²) in [5.74, 6) is -0.509. The molecular weight excluding hydrogens is 707 g/mol. The Hall–Kier alpha value is -2.18. The first kappa shape index (κ1) is 54.8. The third-order valence-electron chi connectivity index (χ3n) is 11.0. The molecular formula is C51H93NO5. The van der Waals surface area contributed by atoms with Crippen molar-refractivity contribution < 1.29 is 24.5 Å². The fourth-order valence-corrected chi connectivity index (χ4v) is 7.27. The summed E-state index contributed by atoms with van der Waals surface area (Å²) in [5.41, 5.74) is 0. The molecule has 0 radical (unpaired) electrons. The maximum Gasteiger partial charge on any atom is 0.306 e. The summed E-state index contributed by atoms with van der Waals surface area (Å²) in [6, 6.07) is -0.711. The van der Waals surface area contributed by atoms with Crippen molar-refractivity contribution in [1.29, 1.82) is 0 Å². The van der Waals surface area contributed by atoms with Crippen LogP contribution < -0.4 is 5.32 Å². The molecule has 3 unspecified atom stereocenters. The molecule has 3 atom stereocenters. The summed E-state index contributed by atoms with van der Waals surface area (Å²) in [4.78, 5) is 26.0. The van der Waals surface area contributed by atoms with Crippen molar-refractivity contribution in [3.63, 3.8) is 0 Å². The van der Waals surface area contributed by atoms with E-state index in [9.17, 15) is 19.8 Å². The Labute approximate surface area is 353 Å². The van der Waals surface area contributed by atoms with Crippen molar-refractivity contribution in [2.24, 2.45) is 0 Å². The van der Waals surface area contributed by atoms with Crippen LogP contribution >= 0.6 is 0 Å². The normalized spacial score (nSPS) is 13.7. The second-order valence-corrected chi connectivity index (χ2v) is 16.6. The van der Waals surface area contributed by atoms with E-state index in [0.29, 0.717) is 19.3 Å². The van der Waals surface area contributed by atoms with Gasteiger partial charge in [0.25, 0.3) is 0 Å². The second kappa shape index (κ2) is 44.9. The zero-order valence-corrected chi connectivity index (χ0v) is 37.7. The number of hydrogen-bond acceptors (Lipinski definition) is 5. The number of nitrogens with one attached hydrogen (secondary N) is 1. The van der Waals surface area contributed by atoms with Gasteiger partial charge in [-0.05, 0) is 51.4 Å². The molecule has 0 aliphatic carbocycles. The van der Waals surface area contributed by atoms with Gasteiger partial charge in [-0.15, -0.1) is 0 Å². The second-order valence-electron chi connectivity index (χ2n) is 16.6. The fourth-order valence-electron chi connectivity index (χ4n) is 7.27. The Balaban J connectivity index is 4.69. The van der Waals surface area contributed by atoms with E-state index in [0.717, 1.165) is 70.6 Å². The molecule has 6 heteroatoms. The number of ether oxygens (including phenoxy) is 1. The van der Waals surface area contributed by atoms with E-state index in [-0.39, 0.29) is 24.9 Å². The minimum absolute atomic E-state index is 0.0533. The molecule has 0 aromatic rings. The minimum atomic E-state index is -0.795. The van der Waals surface area contributed by atoms with Crippen molar-refractivity contribution in [2.45, 2.75) is 257 Å². The Morgan fingerprint density at radius 1 is 0.509 bits per heavy atom. The largest absolute Gasteiger partial charge is 0.462 e. The molecule has 0 aliphatic rings. The number of esters is 1. The molecule has 0 rings (SSSR count). The van der Waals surface area contributed by atoms with Gasteiger partial charge in [0.05, 0.1) is 25.2 Å².